The minimum absolute atomic E-state index is 0.147. The van der Waals surface area contributed by atoms with Gasteiger partial charge in [0, 0.05) is 0 Å². The van der Waals surface area contributed by atoms with Gasteiger partial charge in [0.15, 0.2) is 0 Å². The quantitative estimate of drug-likeness (QED) is 0.0596. The molecule has 6 N–H and O–H groups in total. The number of ether oxygens (including phenoxy) is 2. The minimum atomic E-state index is -5.69. The highest BCUT2D eigenvalue weighted by Crippen LogP contribution is 2.40. The van der Waals surface area contributed by atoms with Crippen molar-refractivity contribution in [2.75, 3.05) is 0 Å². The molecule has 0 amide bonds. The van der Waals surface area contributed by atoms with E-state index < -0.39 is 184 Å². The van der Waals surface area contributed by atoms with E-state index in [9.17, 15) is 112 Å². The number of halogens is 2. The van der Waals surface area contributed by atoms with E-state index in [-0.39, 0.29) is 36.4 Å². The van der Waals surface area contributed by atoms with Crippen molar-refractivity contribution < 1.29 is 121 Å². The summed E-state index contributed by atoms with van der Waals surface area (Å²) in [5, 5.41) is 0. The Labute approximate surface area is 411 Å². The molecule has 0 aliphatic rings. The van der Waals surface area contributed by atoms with E-state index in [1.165, 1.54) is 0 Å². The summed E-state index contributed by atoms with van der Waals surface area (Å²) in [5.74, 6) is -7.78. The molecular formula is C36H24F2O26S9. The molecule has 392 valence electrons. The molecule has 0 bridgehead atoms. The lowest BCUT2D eigenvalue weighted by molar-refractivity contribution is 0.430. The molecule has 0 saturated heterocycles. The predicted octanol–water partition coefficient (Wildman–Crippen LogP) is 3.53. The van der Waals surface area contributed by atoms with Gasteiger partial charge >= 0.3 is 0 Å². The second kappa shape index (κ2) is 18.8. The fourth-order valence-corrected chi connectivity index (χ4v) is 14.2. The van der Waals surface area contributed by atoms with Crippen molar-refractivity contribution in [1.29, 1.82) is 0 Å². The van der Waals surface area contributed by atoms with Gasteiger partial charge in [-0.3, -0.25) is 27.3 Å². The van der Waals surface area contributed by atoms with Crippen LogP contribution in [0.3, 0.4) is 0 Å². The van der Waals surface area contributed by atoms with Crippen LogP contribution in [0.2, 0.25) is 0 Å². The van der Waals surface area contributed by atoms with Crippen LogP contribution < -0.4 is 9.47 Å². The van der Waals surface area contributed by atoms with Crippen molar-refractivity contribution in [3.63, 3.8) is 0 Å². The Bertz CT molecular complexity index is 4150. The van der Waals surface area contributed by atoms with E-state index in [1.54, 1.807) is 0 Å². The summed E-state index contributed by atoms with van der Waals surface area (Å²) in [6, 6.07) is 6.52. The zero-order valence-electron chi connectivity index (χ0n) is 34.7. The Kier molecular flexibility index (Phi) is 14.5. The average molecular weight is 1200 g/mol. The largest absolute Gasteiger partial charge is 0.454 e. The van der Waals surface area contributed by atoms with Crippen LogP contribution in [0.5, 0.6) is 23.0 Å². The van der Waals surface area contributed by atoms with Crippen LogP contribution in [0.1, 0.15) is 0 Å². The molecule has 0 spiro atoms. The molecule has 37 heteroatoms. The highest BCUT2D eigenvalue weighted by molar-refractivity contribution is 7.92. The van der Waals surface area contributed by atoms with Crippen molar-refractivity contribution in [2.45, 2.75) is 58.7 Å². The first-order valence-corrected chi connectivity index (χ1v) is 31.3. The topological polar surface area (TPSA) is 447 Å². The summed E-state index contributed by atoms with van der Waals surface area (Å²) >= 11 is 0. The Hall–Kier alpha value is -5.91. The Balaban J connectivity index is 1.39. The lowest BCUT2D eigenvalue weighted by Crippen LogP contribution is -2.10. The maximum atomic E-state index is 14.1. The Morgan fingerprint density at radius 3 is 0.603 bits per heavy atom. The minimum Gasteiger partial charge on any atom is -0.454 e. The highest BCUT2D eigenvalue weighted by atomic mass is 32.2. The van der Waals surface area contributed by atoms with Gasteiger partial charge in [0.25, 0.3) is 60.7 Å². The normalized spacial score (nSPS) is 13.4. The second-order valence-corrected chi connectivity index (χ2v) is 28.4. The van der Waals surface area contributed by atoms with Crippen molar-refractivity contribution in [3.05, 3.63) is 121 Å². The number of hydrogen-bond donors (Lipinski definition) is 6. The zero-order chi connectivity index (χ0) is 55.0. The number of hydrogen-bond acceptors (Lipinski definition) is 20. The monoisotopic (exact) mass is 1200 g/mol. The first-order chi connectivity index (χ1) is 33.0. The maximum absolute atomic E-state index is 14.1. The fraction of sp³-hybridized carbons (Fsp3) is 0. The summed E-state index contributed by atoms with van der Waals surface area (Å²) in [5.41, 5.74) is 0. The van der Waals surface area contributed by atoms with E-state index >= 15 is 0 Å². The van der Waals surface area contributed by atoms with Gasteiger partial charge < -0.3 is 9.47 Å². The highest BCUT2D eigenvalue weighted by Gasteiger charge is 2.33. The van der Waals surface area contributed by atoms with Gasteiger partial charge in [-0.2, -0.15) is 50.5 Å². The molecule has 0 fully saturated rings. The van der Waals surface area contributed by atoms with Gasteiger partial charge in [-0.15, -0.1) is 0 Å². The van der Waals surface area contributed by atoms with E-state index in [1.807, 2.05) is 0 Å². The maximum Gasteiger partial charge on any atom is 0.298 e. The van der Waals surface area contributed by atoms with Crippen LogP contribution in [0.4, 0.5) is 8.78 Å². The number of rotatable bonds is 16. The van der Waals surface area contributed by atoms with Gasteiger partial charge in [0.2, 0.25) is 29.5 Å². The van der Waals surface area contributed by atoms with E-state index in [4.69, 9.17) is 9.47 Å². The molecule has 0 aromatic heterocycles. The van der Waals surface area contributed by atoms with Crippen LogP contribution in [0, 0.1) is 11.6 Å². The number of sulfone groups is 3. The van der Waals surface area contributed by atoms with Crippen molar-refractivity contribution in [2.24, 2.45) is 0 Å². The molecule has 0 unspecified atom stereocenters. The van der Waals surface area contributed by atoms with Gasteiger partial charge in [-0.05, 0) is 109 Å². The van der Waals surface area contributed by atoms with Crippen LogP contribution >= 0.6 is 0 Å². The predicted molar refractivity (Wildman–Crippen MR) is 234 cm³/mol. The summed E-state index contributed by atoms with van der Waals surface area (Å²) < 4.78 is 325. The van der Waals surface area contributed by atoms with Crippen molar-refractivity contribution in [3.8, 4) is 23.0 Å². The molecule has 6 aromatic carbocycles. The van der Waals surface area contributed by atoms with Crippen molar-refractivity contribution >= 4 is 90.2 Å². The smallest absolute Gasteiger partial charge is 0.298 e. The van der Waals surface area contributed by atoms with Crippen LogP contribution in [-0.4, -0.2) is 103 Å². The molecule has 26 nitrogen and oxygen atoms in total. The summed E-state index contributed by atoms with van der Waals surface area (Å²) in [6.07, 6.45) is 0. The molecule has 0 heterocycles. The van der Waals surface area contributed by atoms with Gasteiger partial charge in [0.1, 0.15) is 64.0 Å². The lowest BCUT2D eigenvalue weighted by atomic mass is 10.3. The first kappa shape index (κ1) is 56.4. The van der Waals surface area contributed by atoms with Crippen molar-refractivity contribution in [1.82, 2.24) is 0 Å². The molecule has 6 aromatic rings. The molecular weight excluding hydrogens is 1170 g/mol. The SMILES string of the molecule is O=S(=O)(O)c1cc(S(=O)(=O)c2ccc(Oc3ccc(S(=O)(=O)c4ccc(Oc5ccc(S(=O)(=O)c6ccc(F)c(S(=O)(=O)O)c6)cc5S(=O)(=O)O)c(S(=O)(=O)O)c4)cc3S(=O)(=O)O)c(S(=O)(=O)O)c2)ccc1F. The molecule has 0 aliphatic heterocycles. The van der Waals surface area contributed by atoms with Gasteiger partial charge in [-0.25, -0.2) is 34.0 Å². The third kappa shape index (κ3) is 11.7. The summed E-state index contributed by atoms with van der Waals surface area (Å²) in [7, 11) is -48.8. The molecule has 0 atom stereocenters. The first-order valence-electron chi connectivity index (χ1n) is 18.2. The average Bonchev–Trinajstić information content (AvgIpc) is 3.24. The molecule has 0 saturated carbocycles. The molecule has 6 rings (SSSR count). The Morgan fingerprint density at radius 1 is 0.260 bits per heavy atom. The number of benzene rings is 6. The summed E-state index contributed by atoms with van der Waals surface area (Å²) in [6.45, 7) is 0. The third-order valence-corrected chi connectivity index (χ3v) is 19.9. The second-order valence-electron chi connectivity index (χ2n) is 14.2. The Morgan fingerprint density at radius 2 is 0.425 bits per heavy atom. The van der Waals surface area contributed by atoms with E-state index in [0.717, 1.165) is 0 Å². The fourth-order valence-electron chi connectivity index (χ4n) is 6.11. The van der Waals surface area contributed by atoms with E-state index in [2.05, 4.69) is 0 Å². The molecule has 0 radical (unpaired) electrons. The lowest BCUT2D eigenvalue weighted by Gasteiger charge is -2.16. The van der Waals surface area contributed by atoms with Gasteiger partial charge in [0.05, 0.1) is 29.4 Å². The van der Waals surface area contributed by atoms with Crippen LogP contribution in [0.15, 0.2) is 168 Å². The standard InChI is InChI=1S/C36H24F2O26S9/c37-25-7-1-19(13-31(25)68(45,46)47)65(39,40)21-3-9-27(33(15-21)70(51,52)53)63-29-11-5-23(17-35(29)72(57,58)59)67(43,44)24-6-12-30(36(18-24)73(60,61)62)64-28-10-4-22(16-34(28)71(54,55)56)66(41,42)20-2-8-26(38)32(14-20)69(48,49)50/h1-18H,(H,45,46,47)(H,48,49,50)(H,51,52,53)(H,54,55,56)(H,57,58,59)(H,60,61,62). The molecule has 73 heavy (non-hydrogen) atoms. The van der Waals surface area contributed by atoms with E-state index in [0.29, 0.717) is 72.8 Å². The van der Waals surface area contributed by atoms with Gasteiger partial charge in [-0.1, -0.05) is 0 Å². The molecule has 0 aliphatic carbocycles. The third-order valence-electron chi connectivity index (χ3n) is 9.44. The summed E-state index contributed by atoms with van der Waals surface area (Å²) in [4.78, 5) is -15.6. The zero-order valence-corrected chi connectivity index (χ0v) is 42.0. The van der Waals surface area contributed by atoms with Crippen LogP contribution in [0.25, 0.3) is 0 Å². The van der Waals surface area contributed by atoms with Crippen LogP contribution in [-0.2, 0) is 90.2 Å².